The second kappa shape index (κ2) is 7.06. The predicted molar refractivity (Wildman–Crippen MR) is 98.3 cm³/mol. The molecule has 1 N–H and O–H groups in total. The summed E-state index contributed by atoms with van der Waals surface area (Å²) in [7, 11) is 1.67. The molecule has 0 spiro atoms. The highest BCUT2D eigenvalue weighted by Gasteiger charge is 2.13. The monoisotopic (exact) mass is 401 g/mol. The van der Waals surface area contributed by atoms with Crippen molar-refractivity contribution in [1.82, 2.24) is 14.5 Å². The van der Waals surface area contributed by atoms with Crippen molar-refractivity contribution in [3.05, 3.63) is 69.2 Å². The molecule has 0 aliphatic heterocycles. The Kier molecular flexibility index (Phi) is 4.85. The van der Waals surface area contributed by atoms with Crippen LogP contribution in [-0.2, 0) is 17.9 Å². The van der Waals surface area contributed by atoms with E-state index in [0.29, 0.717) is 17.4 Å². The van der Waals surface area contributed by atoms with Gasteiger partial charge < -0.3 is 10.0 Å². The van der Waals surface area contributed by atoms with Crippen molar-refractivity contribution in [2.45, 2.75) is 13.1 Å². The van der Waals surface area contributed by atoms with Gasteiger partial charge in [0.05, 0.1) is 17.2 Å². The van der Waals surface area contributed by atoms with Gasteiger partial charge in [-0.25, -0.2) is 4.98 Å². The van der Waals surface area contributed by atoms with Crippen molar-refractivity contribution in [1.29, 1.82) is 0 Å². The third-order valence-corrected chi connectivity index (χ3v) is 4.37. The molecular formula is C18H16BrN3O3. The number of hydrogen-bond acceptors (Lipinski definition) is 4. The zero-order valence-corrected chi connectivity index (χ0v) is 15.1. The molecule has 128 valence electrons. The summed E-state index contributed by atoms with van der Waals surface area (Å²) in [4.78, 5) is 30.7. The van der Waals surface area contributed by atoms with Gasteiger partial charge in [-0.15, -0.1) is 0 Å². The third-order valence-electron chi connectivity index (χ3n) is 3.87. The number of hydrogen-bond donors (Lipinski definition) is 1. The first-order valence-corrected chi connectivity index (χ1v) is 8.40. The van der Waals surface area contributed by atoms with Crippen LogP contribution in [0.2, 0.25) is 0 Å². The maximum Gasteiger partial charge on any atom is 0.261 e. The molecular weight excluding hydrogens is 386 g/mol. The van der Waals surface area contributed by atoms with E-state index < -0.39 is 0 Å². The van der Waals surface area contributed by atoms with Crippen molar-refractivity contribution in [2.24, 2.45) is 0 Å². The van der Waals surface area contributed by atoms with E-state index in [1.165, 1.54) is 15.8 Å². The predicted octanol–water partition coefficient (Wildman–Crippen LogP) is 2.52. The van der Waals surface area contributed by atoms with Gasteiger partial charge >= 0.3 is 0 Å². The normalized spacial score (nSPS) is 10.8. The number of phenols is 1. The fraction of sp³-hybridized carbons (Fsp3) is 0.167. The Morgan fingerprint density at radius 1 is 1.24 bits per heavy atom. The van der Waals surface area contributed by atoms with Crippen LogP contribution in [-0.4, -0.2) is 32.5 Å². The fourth-order valence-corrected chi connectivity index (χ4v) is 2.83. The summed E-state index contributed by atoms with van der Waals surface area (Å²) in [6, 6.07) is 11.9. The largest absolute Gasteiger partial charge is 0.508 e. The number of rotatable bonds is 4. The van der Waals surface area contributed by atoms with Crippen molar-refractivity contribution in [2.75, 3.05) is 7.05 Å². The van der Waals surface area contributed by atoms with E-state index in [1.54, 1.807) is 43.4 Å². The molecule has 0 saturated heterocycles. The van der Waals surface area contributed by atoms with E-state index in [2.05, 4.69) is 20.9 Å². The number of likely N-dealkylation sites (N-methyl/N-ethyl adjacent to an activating group) is 1. The number of halogens is 1. The minimum absolute atomic E-state index is 0.0805. The minimum atomic E-state index is -0.252. The Bertz CT molecular complexity index is 983. The summed E-state index contributed by atoms with van der Waals surface area (Å²) in [5, 5.41) is 9.77. The maximum absolute atomic E-state index is 12.5. The van der Waals surface area contributed by atoms with Gasteiger partial charge in [-0.1, -0.05) is 28.1 Å². The molecule has 3 rings (SSSR count). The van der Waals surface area contributed by atoms with Gasteiger partial charge in [0.2, 0.25) is 5.91 Å². The summed E-state index contributed by atoms with van der Waals surface area (Å²) in [6.45, 7) is 0.309. The fourth-order valence-electron chi connectivity index (χ4n) is 2.47. The lowest BCUT2D eigenvalue weighted by atomic mass is 10.2. The van der Waals surface area contributed by atoms with Gasteiger partial charge in [0, 0.05) is 18.1 Å². The van der Waals surface area contributed by atoms with Crippen LogP contribution in [0.5, 0.6) is 5.75 Å². The number of nitrogens with zero attached hydrogens (tertiary/aromatic N) is 3. The highest BCUT2D eigenvalue weighted by molar-refractivity contribution is 9.10. The Balaban J connectivity index is 1.78. The van der Waals surface area contributed by atoms with Crippen LogP contribution < -0.4 is 5.56 Å². The average Bonchev–Trinajstić information content (AvgIpc) is 2.59. The van der Waals surface area contributed by atoms with Crippen molar-refractivity contribution < 1.29 is 9.90 Å². The third kappa shape index (κ3) is 3.88. The molecule has 0 fully saturated rings. The van der Waals surface area contributed by atoms with E-state index >= 15 is 0 Å². The lowest BCUT2D eigenvalue weighted by Crippen LogP contribution is -2.33. The number of phenolic OH excluding ortho intramolecular Hbond substituents is 1. The van der Waals surface area contributed by atoms with E-state index in [4.69, 9.17) is 0 Å². The summed E-state index contributed by atoms with van der Waals surface area (Å²) in [5.41, 5.74) is 1.23. The zero-order valence-electron chi connectivity index (χ0n) is 13.5. The Hall–Kier alpha value is -2.67. The van der Waals surface area contributed by atoms with Gasteiger partial charge in [-0.05, 0) is 35.9 Å². The first kappa shape index (κ1) is 17.2. The van der Waals surface area contributed by atoms with Crippen LogP contribution in [0.1, 0.15) is 5.56 Å². The molecule has 0 radical (unpaired) electrons. The molecule has 0 bridgehead atoms. The van der Waals surface area contributed by atoms with Gasteiger partial charge in [0.15, 0.2) is 0 Å². The first-order valence-electron chi connectivity index (χ1n) is 7.60. The Morgan fingerprint density at radius 2 is 1.96 bits per heavy atom. The lowest BCUT2D eigenvalue weighted by molar-refractivity contribution is -0.131. The molecule has 0 aliphatic carbocycles. The second-order valence-corrected chi connectivity index (χ2v) is 6.67. The van der Waals surface area contributed by atoms with Crippen LogP contribution >= 0.6 is 15.9 Å². The smallest absolute Gasteiger partial charge is 0.261 e. The standard InChI is InChI=1S/C18H16BrN3O3/c1-21(9-12-2-5-14(23)6-3-12)17(24)10-22-11-20-16-7-4-13(19)8-15(16)18(22)25/h2-8,11,23H,9-10H2,1H3. The van der Waals surface area contributed by atoms with E-state index in [9.17, 15) is 14.7 Å². The quantitative estimate of drug-likeness (QED) is 0.728. The van der Waals surface area contributed by atoms with Crippen molar-refractivity contribution in [3.8, 4) is 5.75 Å². The number of carbonyl (C=O) groups is 1. The van der Waals surface area contributed by atoms with Crippen LogP contribution in [0, 0.1) is 0 Å². The number of carbonyl (C=O) groups excluding carboxylic acids is 1. The molecule has 1 amide bonds. The highest BCUT2D eigenvalue weighted by atomic mass is 79.9. The minimum Gasteiger partial charge on any atom is -0.508 e. The maximum atomic E-state index is 12.5. The highest BCUT2D eigenvalue weighted by Crippen LogP contribution is 2.15. The summed E-state index contributed by atoms with van der Waals surface area (Å²) < 4.78 is 2.09. The molecule has 2 aromatic carbocycles. The molecule has 0 aliphatic rings. The molecule has 3 aromatic rings. The molecule has 6 nitrogen and oxygen atoms in total. The Labute approximate surface area is 152 Å². The number of fused-ring (bicyclic) bond motifs is 1. The SMILES string of the molecule is CN(Cc1ccc(O)cc1)C(=O)Cn1cnc2ccc(Br)cc2c1=O. The second-order valence-electron chi connectivity index (χ2n) is 5.76. The number of aromatic hydroxyl groups is 1. The van der Waals surface area contributed by atoms with E-state index in [1.807, 2.05) is 6.07 Å². The molecule has 0 atom stereocenters. The molecule has 25 heavy (non-hydrogen) atoms. The van der Waals surface area contributed by atoms with E-state index in [-0.39, 0.29) is 23.8 Å². The molecule has 1 heterocycles. The average molecular weight is 402 g/mol. The van der Waals surface area contributed by atoms with Gasteiger partial charge in [0.25, 0.3) is 5.56 Å². The van der Waals surface area contributed by atoms with Crippen LogP contribution in [0.25, 0.3) is 10.9 Å². The Morgan fingerprint density at radius 3 is 2.68 bits per heavy atom. The van der Waals surface area contributed by atoms with Crippen LogP contribution in [0.15, 0.2) is 58.1 Å². The van der Waals surface area contributed by atoms with E-state index in [0.717, 1.165) is 10.0 Å². The molecule has 0 saturated carbocycles. The van der Waals surface area contributed by atoms with Gasteiger partial charge in [-0.2, -0.15) is 0 Å². The van der Waals surface area contributed by atoms with Gasteiger partial charge in [0.1, 0.15) is 12.3 Å². The number of aromatic nitrogens is 2. The number of benzene rings is 2. The molecule has 7 heteroatoms. The number of amides is 1. The first-order chi connectivity index (χ1) is 11.9. The van der Waals surface area contributed by atoms with Crippen LogP contribution in [0.3, 0.4) is 0 Å². The molecule has 0 unspecified atom stereocenters. The van der Waals surface area contributed by atoms with Crippen LogP contribution in [0.4, 0.5) is 0 Å². The summed E-state index contributed by atoms with van der Waals surface area (Å²) >= 11 is 3.34. The summed E-state index contributed by atoms with van der Waals surface area (Å²) in [6.07, 6.45) is 1.39. The zero-order chi connectivity index (χ0) is 18.0. The summed E-state index contributed by atoms with van der Waals surface area (Å²) in [5.74, 6) is -0.0241. The van der Waals surface area contributed by atoms with Gasteiger partial charge in [-0.3, -0.25) is 14.2 Å². The molecule has 1 aromatic heterocycles. The topological polar surface area (TPSA) is 75.4 Å². The van der Waals surface area contributed by atoms with Crippen molar-refractivity contribution in [3.63, 3.8) is 0 Å². The lowest BCUT2D eigenvalue weighted by Gasteiger charge is -2.18. The van der Waals surface area contributed by atoms with Crippen molar-refractivity contribution >= 4 is 32.7 Å².